The van der Waals surface area contributed by atoms with Gasteiger partial charge < -0.3 is 20.1 Å². The van der Waals surface area contributed by atoms with Crippen LogP contribution < -0.4 is 20.1 Å². The Balaban J connectivity index is 1.60. The topological polar surface area (TPSA) is 110 Å². The van der Waals surface area contributed by atoms with Crippen molar-refractivity contribution >= 4 is 38.1 Å². The van der Waals surface area contributed by atoms with Gasteiger partial charge in [-0.25, -0.2) is 13.4 Å². The molecule has 40 heavy (non-hydrogen) atoms. The van der Waals surface area contributed by atoms with E-state index < -0.39 is 15.9 Å². The molecule has 0 aliphatic heterocycles. The van der Waals surface area contributed by atoms with Crippen molar-refractivity contribution in [1.82, 2.24) is 9.29 Å². The first-order chi connectivity index (χ1) is 19.2. The maximum atomic E-state index is 13.8. The quantitative estimate of drug-likeness (QED) is 0.241. The highest BCUT2D eigenvalue weighted by Gasteiger charge is 2.27. The molecular formula is C29H32N4O5S2. The van der Waals surface area contributed by atoms with Gasteiger partial charge in [-0.1, -0.05) is 30.3 Å². The molecule has 0 unspecified atom stereocenters. The Morgan fingerprint density at radius 2 is 1.73 bits per heavy atom. The summed E-state index contributed by atoms with van der Waals surface area (Å²) in [7, 11) is 0.837. The monoisotopic (exact) mass is 580 g/mol. The Morgan fingerprint density at radius 1 is 1.00 bits per heavy atom. The Morgan fingerprint density at radius 3 is 2.38 bits per heavy atom. The first-order valence-electron chi connectivity index (χ1n) is 12.6. The summed E-state index contributed by atoms with van der Waals surface area (Å²) in [5.41, 5.74) is 3.60. The minimum atomic E-state index is -4.00. The molecule has 0 atom stereocenters. The van der Waals surface area contributed by atoms with E-state index in [1.54, 1.807) is 38.2 Å². The number of nitrogens with one attached hydrogen (secondary N) is 2. The smallest absolute Gasteiger partial charge is 0.243 e. The van der Waals surface area contributed by atoms with E-state index >= 15 is 0 Å². The number of nitrogens with zero attached hydrogens (tertiary/aromatic N) is 2. The van der Waals surface area contributed by atoms with Gasteiger partial charge in [-0.3, -0.25) is 4.79 Å². The molecule has 4 rings (SSSR count). The lowest BCUT2D eigenvalue weighted by Gasteiger charge is -2.23. The number of aromatic nitrogens is 1. The van der Waals surface area contributed by atoms with Crippen molar-refractivity contribution in [2.45, 2.75) is 18.2 Å². The van der Waals surface area contributed by atoms with Crippen LogP contribution in [0.25, 0.3) is 11.3 Å². The molecule has 1 aromatic heterocycles. The van der Waals surface area contributed by atoms with Crippen molar-refractivity contribution in [1.29, 1.82) is 0 Å². The van der Waals surface area contributed by atoms with Gasteiger partial charge in [0.25, 0.3) is 0 Å². The van der Waals surface area contributed by atoms with Crippen LogP contribution in [0.5, 0.6) is 11.5 Å². The van der Waals surface area contributed by atoms with E-state index in [0.717, 1.165) is 22.0 Å². The molecule has 0 radical (unpaired) electrons. The van der Waals surface area contributed by atoms with Crippen molar-refractivity contribution < 1.29 is 22.7 Å². The highest BCUT2D eigenvalue weighted by Crippen LogP contribution is 2.32. The predicted octanol–water partition coefficient (Wildman–Crippen LogP) is 5.05. The van der Waals surface area contributed by atoms with Crippen molar-refractivity contribution in [2.24, 2.45) is 0 Å². The summed E-state index contributed by atoms with van der Waals surface area (Å²) in [5, 5.41) is 8.54. The molecule has 0 saturated heterocycles. The maximum absolute atomic E-state index is 13.8. The average molecular weight is 581 g/mol. The van der Waals surface area contributed by atoms with E-state index in [2.05, 4.69) is 15.6 Å². The number of hydrogen-bond donors (Lipinski definition) is 2. The average Bonchev–Trinajstić information content (AvgIpc) is 3.45. The third-order valence-electron chi connectivity index (χ3n) is 6.30. The number of hydrogen-bond acceptors (Lipinski definition) is 8. The molecule has 1 heterocycles. The Kier molecular flexibility index (Phi) is 9.41. The van der Waals surface area contributed by atoms with Gasteiger partial charge in [0.15, 0.2) is 5.13 Å². The van der Waals surface area contributed by atoms with Gasteiger partial charge >= 0.3 is 0 Å². The van der Waals surface area contributed by atoms with Crippen molar-refractivity contribution in [3.63, 3.8) is 0 Å². The zero-order chi connectivity index (χ0) is 28.7. The lowest BCUT2D eigenvalue weighted by Crippen LogP contribution is -2.39. The van der Waals surface area contributed by atoms with Crippen LogP contribution in [0.3, 0.4) is 0 Å². The van der Waals surface area contributed by atoms with Crippen LogP contribution in [0.1, 0.15) is 11.1 Å². The number of ether oxygens (including phenoxy) is 2. The van der Waals surface area contributed by atoms with Crippen LogP contribution in [0.2, 0.25) is 0 Å². The molecule has 4 aromatic rings. The van der Waals surface area contributed by atoms with E-state index in [1.165, 1.54) is 35.9 Å². The maximum Gasteiger partial charge on any atom is 0.243 e. The van der Waals surface area contributed by atoms with Crippen molar-refractivity contribution in [2.75, 3.05) is 45.0 Å². The molecule has 0 bridgehead atoms. The molecule has 11 heteroatoms. The normalized spacial score (nSPS) is 11.3. The van der Waals surface area contributed by atoms with Crippen LogP contribution in [0, 0.1) is 6.92 Å². The lowest BCUT2D eigenvalue weighted by atomic mass is 10.1. The van der Waals surface area contributed by atoms with E-state index in [9.17, 15) is 13.2 Å². The number of carbonyl (C=O) groups is 1. The van der Waals surface area contributed by atoms with Gasteiger partial charge in [0.05, 0.1) is 37.0 Å². The SMILES string of the molecule is CNc1nc(-c2ccc(OC)c(NC(=O)CN(CCc3ccccc3)S(=O)(=O)c3ccc(OC)c(C)c3)c2)cs1. The van der Waals surface area contributed by atoms with Gasteiger partial charge in [-0.15, -0.1) is 11.3 Å². The summed E-state index contributed by atoms with van der Waals surface area (Å²) >= 11 is 1.47. The summed E-state index contributed by atoms with van der Waals surface area (Å²) in [5.74, 6) is 0.540. The first kappa shape index (κ1) is 29.1. The van der Waals surface area contributed by atoms with Gasteiger partial charge in [0.2, 0.25) is 15.9 Å². The van der Waals surface area contributed by atoms with Gasteiger partial charge in [-0.05, 0) is 60.9 Å². The van der Waals surface area contributed by atoms with E-state index in [4.69, 9.17) is 9.47 Å². The molecule has 1 amide bonds. The number of thiazole rings is 1. The van der Waals surface area contributed by atoms with E-state index in [-0.39, 0.29) is 18.0 Å². The van der Waals surface area contributed by atoms with E-state index in [0.29, 0.717) is 29.2 Å². The second-order valence-corrected chi connectivity index (χ2v) is 11.8. The molecule has 0 aliphatic rings. The first-order valence-corrected chi connectivity index (χ1v) is 14.9. The van der Waals surface area contributed by atoms with Gasteiger partial charge in [0, 0.05) is 24.5 Å². The minimum absolute atomic E-state index is 0.0927. The fourth-order valence-corrected chi connectivity index (χ4v) is 6.34. The third-order valence-corrected chi connectivity index (χ3v) is 9.01. The summed E-state index contributed by atoms with van der Waals surface area (Å²) in [6.07, 6.45) is 0.443. The fraction of sp³-hybridized carbons (Fsp3) is 0.241. The van der Waals surface area contributed by atoms with Gasteiger partial charge in [-0.2, -0.15) is 4.31 Å². The number of benzene rings is 3. The second-order valence-electron chi connectivity index (χ2n) is 8.96. The Labute approximate surface area is 238 Å². The predicted molar refractivity (Wildman–Crippen MR) is 159 cm³/mol. The van der Waals surface area contributed by atoms with Crippen LogP contribution in [0.4, 0.5) is 10.8 Å². The largest absolute Gasteiger partial charge is 0.496 e. The third kappa shape index (κ3) is 6.79. The number of anilines is 2. The second kappa shape index (κ2) is 12.9. The number of sulfonamides is 1. The molecule has 0 saturated carbocycles. The Bertz CT molecular complexity index is 1570. The molecular weight excluding hydrogens is 548 g/mol. The number of amides is 1. The zero-order valence-electron chi connectivity index (χ0n) is 22.8. The summed E-state index contributed by atoms with van der Waals surface area (Å²) < 4.78 is 39.5. The summed E-state index contributed by atoms with van der Waals surface area (Å²) in [6, 6.07) is 19.6. The van der Waals surface area contributed by atoms with Crippen LogP contribution in [-0.2, 0) is 21.2 Å². The molecule has 0 spiro atoms. The fourth-order valence-electron chi connectivity index (χ4n) is 4.18. The van der Waals surface area contributed by atoms with E-state index in [1.807, 2.05) is 41.8 Å². The number of carbonyl (C=O) groups excluding carboxylic acids is 1. The van der Waals surface area contributed by atoms with Crippen LogP contribution >= 0.6 is 11.3 Å². The standard InChI is InChI=1S/C29H32N4O5S2/c1-20-16-23(11-13-26(20)37-3)40(35,36)33(15-14-21-8-6-5-7-9-21)18-28(34)31-24-17-22(10-12-27(24)38-4)25-19-39-29(30-2)32-25/h5-13,16-17,19H,14-15,18H2,1-4H3,(H,30,32)(H,31,34). The lowest BCUT2D eigenvalue weighted by molar-refractivity contribution is -0.116. The molecule has 2 N–H and O–H groups in total. The highest BCUT2D eigenvalue weighted by atomic mass is 32.2. The minimum Gasteiger partial charge on any atom is -0.496 e. The number of rotatable bonds is 12. The molecule has 0 aliphatic carbocycles. The number of methoxy groups -OCH3 is 2. The Hall–Kier alpha value is -3.93. The molecule has 9 nitrogen and oxygen atoms in total. The summed E-state index contributed by atoms with van der Waals surface area (Å²) in [4.78, 5) is 17.9. The van der Waals surface area contributed by atoms with Crippen molar-refractivity contribution in [3.8, 4) is 22.8 Å². The van der Waals surface area contributed by atoms with Gasteiger partial charge in [0.1, 0.15) is 11.5 Å². The molecule has 3 aromatic carbocycles. The van der Waals surface area contributed by atoms with Crippen LogP contribution in [-0.4, -0.2) is 58.0 Å². The van der Waals surface area contributed by atoms with Crippen LogP contribution in [0.15, 0.2) is 77.0 Å². The molecule has 210 valence electrons. The highest BCUT2D eigenvalue weighted by molar-refractivity contribution is 7.89. The number of aryl methyl sites for hydroxylation is 1. The molecule has 0 fully saturated rings. The summed E-state index contributed by atoms with van der Waals surface area (Å²) in [6.45, 7) is 1.52. The zero-order valence-corrected chi connectivity index (χ0v) is 24.4. The van der Waals surface area contributed by atoms with Crippen molar-refractivity contribution in [3.05, 3.63) is 83.2 Å².